The lowest BCUT2D eigenvalue weighted by molar-refractivity contribution is 0.595. The van der Waals surface area contributed by atoms with Crippen LogP contribution in [0.15, 0.2) is 29.0 Å². The molecule has 0 radical (unpaired) electrons. The maximum atomic E-state index is 10.7. The van der Waals surface area contributed by atoms with Crippen molar-refractivity contribution < 1.29 is 12.8 Å². The van der Waals surface area contributed by atoms with Gasteiger partial charge in [0.25, 0.3) is 0 Å². The lowest BCUT2D eigenvalue weighted by Gasteiger charge is -2.05. The predicted molar refractivity (Wildman–Crippen MR) is 65.1 cm³/mol. The van der Waals surface area contributed by atoms with Crippen molar-refractivity contribution in [3.63, 3.8) is 0 Å². The molecule has 2 aromatic heterocycles. The summed E-state index contributed by atoms with van der Waals surface area (Å²) in [5, 5.41) is 8.84. The second-order valence-corrected chi connectivity index (χ2v) is 5.37. The van der Waals surface area contributed by atoms with Crippen LogP contribution in [-0.4, -0.2) is 25.7 Å². The molecule has 0 spiro atoms. The Kier molecular flexibility index (Phi) is 3.30. The van der Waals surface area contributed by atoms with E-state index in [1.807, 2.05) is 6.07 Å². The standard InChI is InChI=1S/C10H13N3O3S/c11-17(14,15)7-1-4-12-10-8-3-6-16-9(8)2-5-13-10/h2-3,5-6H,1,4,7H2,(H,12,13)(H2,11,14,15). The minimum absolute atomic E-state index is 0.0403. The number of hydrogen-bond donors (Lipinski definition) is 2. The zero-order chi connectivity index (χ0) is 12.3. The first kappa shape index (κ1) is 11.9. The highest BCUT2D eigenvalue weighted by atomic mass is 32.2. The summed E-state index contributed by atoms with van der Waals surface area (Å²) < 4.78 is 26.7. The number of pyridine rings is 1. The van der Waals surface area contributed by atoms with Gasteiger partial charge in [0.1, 0.15) is 11.4 Å². The van der Waals surface area contributed by atoms with Crippen LogP contribution in [0.2, 0.25) is 0 Å². The molecule has 0 saturated heterocycles. The summed E-state index contributed by atoms with van der Waals surface area (Å²) in [6.07, 6.45) is 3.66. The third kappa shape index (κ3) is 3.18. The summed E-state index contributed by atoms with van der Waals surface area (Å²) in [6, 6.07) is 3.58. The van der Waals surface area contributed by atoms with Crippen LogP contribution >= 0.6 is 0 Å². The number of primary sulfonamides is 1. The van der Waals surface area contributed by atoms with Crippen LogP contribution in [0.1, 0.15) is 6.42 Å². The zero-order valence-corrected chi connectivity index (χ0v) is 9.90. The van der Waals surface area contributed by atoms with E-state index in [0.717, 1.165) is 11.0 Å². The second-order valence-electron chi connectivity index (χ2n) is 3.64. The molecule has 0 unspecified atom stereocenters. The minimum atomic E-state index is -3.39. The van der Waals surface area contributed by atoms with E-state index in [4.69, 9.17) is 9.56 Å². The Hall–Kier alpha value is -1.60. The monoisotopic (exact) mass is 255 g/mol. The average molecular weight is 255 g/mol. The molecule has 92 valence electrons. The highest BCUT2D eigenvalue weighted by Gasteiger charge is 2.05. The van der Waals surface area contributed by atoms with E-state index >= 15 is 0 Å². The van der Waals surface area contributed by atoms with Crippen molar-refractivity contribution in [2.45, 2.75) is 6.42 Å². The molecule has 2 aromatic rings. The molecule has 2 heterocycles. The zero-order valence-electron chi connectivity index (χ0n) is 9.09. The normalized spacial score (nSPS) is 11.8. The van der Waals surface area contributed by atoms with Crippen molar-refractivity contribution in [1.29, 1.82) is 0 Å². The van der Waals surface area contributed by atoms with Crippen LogP contribution < -0.4 is 10.5 Å². The topological polar surface area (TPSA) is 98.2 Å². The molecular weight excluding hydrogens is 242 g/mol. The number of anilines is 1. The molecule has 2 rings (SSSR count). The van der Waals surface area contributed by atoms with E-state index in [2.05, 4.69) is 10.3 Å². The smallest absolute Gasteiger partial charge is 0.209 e. The first-order valence-electron chi connectivity index (χ1n) is 5.13. The number of aromatic nitrogens is 1. The van der Waals surface area contributed by atoms with E-state index in [0.29, 0.717) is 18.8 Å². The number of fused-ring (bicyclic) bond motifs is 1. The number of nitrogens with zero attached hydrogens (tertiary/aromatic N) is 1. The Balaban J connectivity index is 1.97. The van der Waals surface area contributed by atoms with E-state index in [1.165, 1.54) is 0 Å². The van der Waals surface area contributed by atoms with Crippen LogP contribution in [0, 0.1) is 0 Å². The van der Waals surface area contributed by atoms with Gasteiger partial charge < -0.3 is 9.73 Å². The third-order valence-corrected chi connectivity index (χ3v) is 3.14. The van der Waals surface area contributed by atoms with Gasteiger partial charge in [0.2, 0.25) is 10.0 Å². The first-order valence-corrected chi connectivity index (χ1v) is 6.84. The van der Waals surface area contributed by atoms with Gasteiger partial charge in [0.05, 0.1) is 17.4 Å². The molecule has 0 atom stereocenters. The number of sulfonamides is 1. The third-order valence-electron chi connectivity index (χ3n) is 2.28. The summed E-state index contributed by atoms with van der Waals surface area (Å²) >= 11 is 0. The van der Waals surface area contributed by atoms with Crippen LogP contribution in [0.4, 0.5) is 5.82 Å². The molecule has 0 aliphatic heterocycles. The van der Waals surface area contributed by atoms with Gasteiger partial charge in [0, 0.05) is 12.7 Å². The Labute approximate surface area is 98.9 Å². The van der Waals surface area contributed by atoms with Gasteiger partial charge in [-0.3, -0.25) is 0 Å². The van der Waals surface area contributed by atoms with Crippen LogP contribution in [0.5, 0.6) is 0 Å². The maximum absolute atomic E-state index is 10.7. The molecule has 3 N–H and O–H groups in total. The SMILES string of the molecule is NS(=O)(=O)CCCNc1nccc2occc12. The van der Waals surface area contributed by atoms with E-state index in [-0.39, 0.29) is 5.75 Å². The number of rotatable bonds is 5. The molecule has 0 fully saturated rings. The van der Waals surface area contributed by atoms with Crippen molar-refractivity contribution >= 4 is 26.8 Å². The van der Waals surface area contributed by atoms with Gasteiger partial charge >= 0.3 is 0 Å². The molecular formula is C10H13N3O3S. The number of hydrogen-bond acceptors (Lipinski definition) is 5. The molecule has 0 aliphatic carbocycles. The summed E-state index contributed by atoms with van der Waals surface area (Å²) in [4.78, 5) is 4.16. The molecule has 0 saturated carbocycles. The Morgan fingerprint density at radius 3 is 3.00 bits per heavy atom. The predicted octanol–water partition coefficient (Wildman–Crippen LogP) is 0.918. The van der Waals surface area contributed by atoms with Gasteiger partial charge in [-0.1, -0.05) is 0 Å². The fourth-order valence-electron chi connectivity index (χ4n) is 1.52. The Bertz CT molecular complexity index is 606. The average Bonchev–Trinajstić information content (AvgIpc) is 2.71. The molecule has 17 heavy (non-hydrogen) atoms. The minimum Gasteiger partial charge on any atom is -0.464 e. The Morgan fingerprint density at radius 2 is 2.24 bits per heavy atom. The maximum Gasteiger partial charge on any atom is 0.209 e. The van der Waals surface area contributed by atoms with E-state index in [9.17, 15) is 8.42 Å². The highest BCUT2D eigenvalue weighted by Crippen LogP contribution is 2.21. The van der Waals surface area contributed by atoms with Crippen molar-refractivity contribution in [3.05, 3.63) is 24.6 Å². The number of nitrogens with one attached hydrogen (secondary N) is 1. The van der Waals surface area contributed by atoms with Crippen LogP contribution in [0.25, 0.3) is 11.0 Å². The second kappa shape index (κ2) is 4.72. The molecule has 0 bridgehead atoms. The number of furan rings is 1. The molecule has 6 nitrogen and oxygen atoms in total. The lowest BCUT2D eigenvalue weighted by atomic mass is 10.3. The first-order chi connectivity index (χ1) is 8.06. The van der Waals surface area contributed by atoms with Gasteiger partial charge in [-0.05, 0) is 18.6 Å². The highest BCUT2D eigenvalue weighted by molar-refractivity contribution is 7.89. The fourth-order valence-corrected chi connectivity index (χ4v) is 2.06. The van der Waals surface area contributed by atoms with Crippen LogP contribution in [0.3, 0.4) is 0 Å². The van der Waals surface area contributed by atoms with Crippen molar-refractivity contribution in [2.24, 2.45) is 5.14 Å². The van der Waals surface area contributed by atoms with Crippen molar-refractivity contribution in [1.82, 2.24) is 4.98 Å². The van der Waals surface area contributed by atoms with Gasteiger partial charge in [0.15, 0.2) is 0 Å². The largest absolute Gasteiger partial charge is 0.464 e. The molecule has 0 amide bonds. The molecule has 0 aliphatic rings. The summed E-state index contributed by atoms with van der Waals surface area (Å²) in [5.41, 5.74) is 0.744. The lowest BCUT2D eigenvalue weighted by Crippen LogP contribution is -2.18. The summed E-state index contributed by atoms with van der Waals surface area (Å²) in [7, 11) is -3.39. The summed E-state index contributed by atoms with van der Waals surface area (Å²) in [5.74, 6) is 0.645. The molecule has 0 aromatic carbocycles. The Morgan fingerprint density at radius 1 is 1.41 bits per heavy atom. The quantitative estimate of drug-likeness (QED) is 0.774. The van der Waals surface area contributed by atoms with E-state index < -0.39 is 10.0 Å². The summed E-state index contributed by atoms with van der Waals surface area (Å²) in [6.45, 7) is 0.494. The number of nitrogens with two attached hydrogens (primary N) is 1. The molecule has 7 heteroatoms. The van der Waals surface area contributed by atoms with Crippen molar-refractivity contribution in [3.8, 4) is 0 Å². The fraction of sp³-hybridized carbons (Fsp3) is 0.300. The van der Waals surface area contributed by atoms with Crippen LogP contribution in [-0.2, 0) is 10.0 Å². The van der Waals surface area contributed by atoms with Gasteiger partial charge in [-0.25, -0.2) is 18.5 Å². The van der Waals surface area contributed by atoms with Crippen molar-refractivity contribution in [2.75, 3.05) is 17.6 Å². The van der Waals surface area contributed by atoms with Gasteiger partial charge in [-0.15, -0.1) is 0 Å². The van der Waals surface area contributed by atoms with Gasteiger partial charge in [-0.2, -0.15) is 0 Å². The van der Waals surface area contributed by atoms with E-state index in [1.54, 1.807) is 18.5 Å².